The van der Waals surface area contributed by atoms with Gasteiger partial charge in [0.1, 0.15) is 23.1 Å². The number of nitrogens with one attached hydrogen (secondary N) is 1. The second-order valence-electron chi connectivity index (χ2n) is 9.49. The molecule has 1 aliphatic heterocycles. The van der Waals surface area contributed by atoms with Crippen LogP contribution in [0, 0.1) is 17.1 Å². The Kier molecular flexibility index (Phi) is 5.51. The molecular weight excluding hydrogens is 494 g/mol. The van der Waals surface area contributed by atoms with Crippen LogP contribution in [0.25, 0.3) is 0 Å². The Morgan fingerprint density at radius 2 is 1.83 bits per heavy atom. The summed E-state index contributed by atoms with van der Waals surface area (Å²) in [5.41, 5.74) is -0.596. The van der Waals surface area contributed by atoms with Crippen LogP contribution in [0.15, 0.2) is 35.1 Å². The summed E-state index contributed by atoms with van der Waals surface area (Å²) in [4.78, 5) is 40.0. The van der Waals surface area contributed by atoms with Gasteiger partial charge in [-0.05, 0) is 55.5 Å². The number of nitrogens with zero attached hydrogens (tertiary/aromatic N) is 3. The van der Waals surface area contributed by atoms with Crippen molar-refractivity contribution in [1.29, 1.82) is 5.26 Å². The van der Waals surface area contributed by atoms with Crippen molar-refractivity contribution in [3.05, 3.63) is 68.9 Å². The maximum Gasteiger partial charge on any atom is 0.270 e. The molecule has 1 N–H and O–H groups in total. The maximum absolute atomic E-state index is 14.5. The van der Waals surface area contributed by atoms with Gasteiger partial charge in [0.25, 0.3) is 17.4 Å². The molecule has 1 aromatic carbocycles. The Bertz CT molecular complexity index is 1500. The van der Waals surface area contributed by atoms with Crippen LogP contribution in [-0.4, -0.2) is 52.5 Å². The van der Waals surface area contributed by atoms with Crippen LogP contribution in [0.2, 0.25) is 0 Å². The molecule has 0 spiro atoms. The zero-order chi connectivity index (χ0) is 25.9. The first-order valence-electron chi connectivity index (χ1n) is 11.4. The highest BCUT2D eigenvalue weighted by molar-refractivity contribution is 7.94. The van der Waals surface area contributed by atoms with E-state index in [1.807, 2.05) is 0 Å². The largest absolute Gasteiger partial charge is 0.348 e. The second-order valence-corrected chi connectivity index (χ2v) is 12.1. The van der Waals surface area contributed by atoms with Gasteiger partial charge in [0.2, 0.25) is 5.00 Å². The number of hydrogen-bond donors (Lipinski definition) is 1. The standard InChI is InChI=1S/C24H22F2N4O5S/c25-18-11-15(1-2-16(18)12-27)13-28-20(31)17-3-4-19-22(33)29(9-10-30(19)21(17)32)14-23(5-6-23)36(34,35)24(26)7-8-24/h1-4,11H,5-10,13-14H2,(H,28,31). The number of benzene rings is 1. The Labute approximate surface area is 205 Å². The normalized spacial score (nSPS) is 19.2. The van der Waals surface area contributed by atoms with E-state index in [0.717, 1.165) is 6.07 Å². The van der Waals surface area contributed by atoms with Crippen molar-refractivity contribution in [2.45, 2.75) is 48.5 Å². The molecule has 2 amide bonds. The van der Waals surface area contributed by atoms with Gasteiger partial charge in [0.05, 0.1) is 10.3 Å². The summed E-state index contributed by atoms with van der Waals surface area (Å²) in [6.07, 6.45) is 0.544. The van der Waals surface area contributed by atoms with Crippen molar-refractivity contribution < 1.29 is 26.8 Å². The van der Waals surface area contributed by atoms with Crippen molar-refractivity contribution in [3.63, 3.8) is 0 Å². The lowest BCUT2D eigenvalue weighted by Gasteiger charge is -2.33. The molecule has 0 saturated heterocycles. The molecule has 3 aliphatic rings. The molecule has 0 atom stereocenters. The minimum absolute atomic E-state index is 0.0196. The van der Waals surface area contributed by atoms with Crippen molar-refractivity contribution in [1.82, 2.24) is 14.8 Å². The first kappa shape index (κ1) is 24.1. The molecule has 188 valence electrons. The SMILES string of the molecule is N#Cc1ccc(CNC(=O)c2ccc3n(c2=O)CCN(CC2(S(=O)(=O)C4(F)CC4)CC2)C3=O)cc1F. The first-order chi connectivity index (χ1) is 17.0. The minimum Gasteiger partial charge on any atom is -0.348 e. The van der Waals surface area contributed by atoms with Crippen LogP contribution in [0.3, 0.4) is 0 Å². The van der Waals surface area contributed by atoms with E-state index in [4.69, 9.17) is 5.26 Å². The average Bonchev–Trinajstić information content (AvgIpc) is 3.78. The molecule has 0 bridgehead atoms. The highest BCUT2D eigenvalue weighted by atomic mass is 32.2. The predicted molar refractivity (Wildman–Crippen MR) is 123 cm³/mol. The summed E-state index contributed by atoms with van der Waals surface area (Å²) in [5, 5.41) is 9.13. The number of nitriles is 1. The fraction of sp³-hybridized carbons (Fsp3) is 0.417. The van der Waals surface area contributed by atoms with Crippen LogP contribution in [0.5, 0.6) is 0 Å². The summed E-state index contributed by atoms with van der Waals surface area (Å²) < 4.78 is 53.7. The monoisotopic (exact) mass is 516 g/mol. The number of sulfone groups is 1. The number of halogens is 2. The van der Waals surface area contributed by atoms with Gasteiger partial charge in [-0.1, -0.05) is 6.07 Å². The van der Waals surface area contributed by atoms with E-state index in [9.17, 15) is 31.6 Å². The Morgan fingerprint density at radius 1 is 1.11 bits per heavy atom. The van der Waals surface area contributed by atoms with Gasteiger partial charge in [0, 0.05) is 26.2 Å². The highest BCUT2D eigenvalue weighted by Crippen LogP contribution is 2.57. The van der Waals surface area contributed by atoms with Crippen molar-refractivity contribution in [2.24, 2.45) is 0 Å². The van der Waals surface area contributed by atoms with Gasteiger partial charge in [-0.3, -0.25) is 14.4 Å². The molecule has 9 nitrogen and oxygen atoms in total. The van der Waals surface area contributed by atoms with E-state index >= 15 is 0 Å². The van der Waals surface area contributed by atoms with E-state index in [0.29, 0.717) is 18.4 Å². The molecule has 1 aromatic heterocycles. The van der Waals surface area contributed by atoms with E-state index in [1.165, 1.54) is 33.7 Å². The Morgan fingerprint density at radius 3 is 2.44 bits per heavy atom. The quantitative estimate of drug-likeness (QED) is 0.596. The molecule has 2 aliphatic carbocycles. The lowest BCUT2D eigenvalue weighted by Crippen LogP contribution is -2.51. The molecule has 5 rings (SSSR count). The van der Waals surface area contributed by atoms with Crippen LogP contribution >= 0.6 is 0 Å². The molecular formula is C24H22F2N4O5S. The zero-order valence-corrected chi connectivity index (χ0v) is 19.9. The number of aromatic nitrogens is 1. The summed E-state index contributed by atoms with van der Waals surface area (Å²) in [7, 11) is -4.04. The summed E-state index contributed by atoms with van der Waals surface area (Å²) in [6.45, 7) is -0.101. The Balaban J connectivity index is 1.30. The molecule has 2 saturated carbocycles. The van der Waals surface area contributed by atoms with E-state index in [-0.39, 0.29) is 55.8 Å². The highest BCUT2D eigenvalue weighted by Gasteiger charge is 2.69. The van der Waals surface area contributed by atoms with Gasteiger partial charge in [-0.15, -0.1) is 0 Å². The van der Waals surface area contributed by atoms with Crippen LogP contribution in [-0.2, 0) is 22.9 Å². The number of rotatable bonds is 7. The number of carbonyl (C=O) groups is 2. The predicted octanol–water partition coefficient (Wildman–Crippen LogP) is 1.65. The van der Waals surface area contributed by atoms with Crippen LogP contribution in [0.4, 0.5) is 8.78 Å². The van der Waals surface area contributed by atoms with Crippen molar-refractivity contribution in [3.8, 4) is 6.07 Å². The molecule has 0 unspecified atom stereocenters. The van der Waals surface area contributed by atoms with Gasteiger partial charge < -0.3 is 14.8 Å². The van der Waals surface area contributed by atoms with Gasteiger partial charge in [0.15, 0.2) is 9.84 Å². The summed E-state index contributed by atoms with van der Waals surface area (Å²) in [6, 6.07) is 8.14. The van der Waals surface area contributed by atoms with Gasteiger partial charge in [-0.2, -0.15) is 5.26 Å². The van der Waals surface area contributed by atoms with E-state index in [2.05, 4.69) is 5.32 Å². The number of amides is 2. The molecule has 2 heterocycles. The number of pyridine rings is 1. The summed E-state index contributed by atoms with van der Waals surface area (Å²) in [5.74, 6) is -1.99. The fourth-order valence-electron chi connectivity index (χ4n) is 4.59. The maximum atomic E-state index is 14.5. The number of alkyl halides is 1. The van der Waals surface area contributed by atoms with Crippen molar-refractivity contribution >= 4 is 21.7 Å². The number of carbonyl (C=O) groups excluding carboxylic acids is 2. The minimum atomic E-state index is -4.04. The molecule has 36 heavy (non-hydrogen) atoms. The third-order valence-corrected chi connectivity index (χ3v) is 10.2. The topological polar surface area (TPSA) is 129 Å². The third-order valence-electron chi connectivity index (χ3n) is 7.11. The Hall–Kier alpha value is -3.59. The van der Waals surface area contributed by atoms with Gasteiger partial charge in [-0.25, -0.2) is 17.2 Å². The smallest absolute Gasteiger partial charge is 0.270 e. The van der Waals surface area contributed by atoms with Crippen molar-refractivity contribution in [2.75, 3.05) is 13.1 Å². The summed E-state index contributed by atoms with van der Waals surface area (Å²) >= 11 is 0. The zero-order valence-electron chi connectivity index (χ0n) is 19.1. The average molecular weight is 517 g/mol. The van der Waals surface area contributed by atoms with Gasteiger partial charge >= 0.3 is 0 Å². The third kappa shape index (κ3) is 3.78. The van der Waals surface area contributed by atoms with Crippen LogP contribution < -0.4 is 10.9 Å². The van der Waals surface area contributed by atoms with Crippen LogP contribution in [0.1, 0.15) is 57.7 Å². The lowest BCUT2D eigenvalue weighted by atomic mass is 10.1. The molecule has 0 radical (unpaired) electrons. The lowest BCUT2D eigenvalue weighted by molar-refractivity contribution is 0.0694. The van der Waals surface area contributed by atoms with E-state index < -0.39 is 42.8 Å². The number of fused-ring (bicyclic) bond motifs is 1. The number of hydrogen-bond acceptors (Lipinski definition) is 6. The fourth-order valence-corrected chi connectivity index (χ4v) is 6.97. The molecule has 2 fully saturated rings. The molecule has 12 heteroatoms. The molecule has 2 aromatic rings. The van der Waals surface area contributed by atoms with E-state index in [1.54, 1.807) is 6.07 Å². The first-order valence-corrected chi connectivity index (χ1v) is 12.9. The second kappa shape index (κ2) is 8.23.